The molecule has 0 atom stereocenters. The molecule has 0 radical (unpaired) electrons. The van der Waals surface area contributed by atoms with Gasteiger partial charge in [0.25, 0.3) is 0 Å². The van der Waals surface area contributed by atoms with E-state index in [1.54, 1.807) is 6.07 Å². The van der Waals surface area contributed by atoms with E-state index in [9.17, 15) is 8.42 Å². The maximum absolute atomic E-state index is 12.0. The van der Waals surface area contributed by atoms with Crippen LogP contribution in [0.15, 0.2) is 16.3 Å². The first-order valence-electron chi connectivity index (χ1n) is 6.45. The molecular formula is C12H18N2O2S2. The lowest BCUT2D eigenvalue weighted by Crippen LogP contribution is -2.25. The lowest BCUT2D eigenvalue weighted by molar-refractivity contribution is 0.579. The molecule has 0 unspecified atom stereocenters. The quantitative estimate of drug-likeness (QED) is 0.802. The monoisotopic (exact) mass is 286 g/mol. The molecule has 2 fully saturated rings. The average Bonchev–Trinajstić information content (AvgIpc) is 3.25. The molecule has 4 nitrogen and oxygen atoms in total. The number of thiophene rings is 1. The van der Waals surface area contributed by atoms with Crippen molar-refractivity contribution in [3.05, 3.63) is 17.0 Å². The Labute approximate surface area is 112 Å². The van der Waals surface area contributed by atoms with Gasteiger partial charge in [-0.2, -0.15) is 0 Å². The predicted octanol–water partition coefficient (Wildman–Crippen LogP) is 1.69. The van der Waals surface area contributed by atoms with E-state index in [0.29, 0.717) is 22.7 Å². The van der Waals surface area contributed by atoms with Crippen LogP contribution in [0.2, 0.25) is 0 Å². The van der Waals surface area contributed by atoms with E-state index in [-0.39, 0.29) is 0 Å². The number of rotatable bonds is 7. The van der Waals surface area contributed by atoms with E-state index in [2.05, 4.69) is 10.0 Å². The fourth-order valence-corrected chi connectivity index (χ4v) is 4.22. The maximum atomic E-state index is 12.0. The zero-order chi connectivity index (χ0) is 12.6. The Morgan fingerprint density at radius 2 is 2.00 bits per heavy atom. The molecule has 18 heavy (non-hydrogen) atoms. The Kier molecular flexibility index (Phi) is 3.44. The third-order valence-electron chi connectivity index (χ3n) is 3.30. The predicted molar refractivity (Wildman–Crippen MR) is 72.1 cm³/mol. The normalized spacial score (nSPS) is 20.2. The average molecular weight is 286 g/mol. The highest BCUT2D eigenvalue weighted by molar-refractivity contribution is 7.91. The zero-order valence-corrected chi connectivity index (χ0v) is 11.8. The minimum absolute atomic E-state index is 0.441. The lowest BCUT2D eigenvalue weighted by atomic mass is 10.4. The van der Waals surface area contributed by atoms with Crippen molar-refractivity contribution >= 4 is 21.4 Å². The number of hydrogen-bond donors (Lipinski definition) is 2. The smallest absolute Gasteiger partial charge is 0.250 e. The van der Waals surface area contributed by atoms with Gasteiger partial charge in [-0.3, -0.25) is 0 Å². The second-order valence-corrected chi connectivity index (χ2v) is 8.33. The molecule has 0 saturated heterocycles. The molecule has 2 aliphatic carbocycles. The van der Waals surface area contributed by atoms with Crippen LogP contribution in [0, 0.1) is 5.92 Å². The minimum Gasteiger partial charge on any atom is -0.309 e. The van der Waals surface area contributed by atoms with Crippen LogP contribution in [0.1, 0.15) is 30.6 Å². The van der Waals surface area contributed by atoms with E-state index in [4.69, 9.17) is 0 Å². The summed E-state index contributed by atoms with van der Waals surface area (Å²) in [5.41, 5.74) is 0. The van der Waals surface area contributed by atoms with Crippen LogP contribution in [0.4, 0.5) is 0 Å². The topological polar surface area (TPSA) is 58.2 Å². The van der Waals surface area contributed by atoms with Gasteiger partial charge < -0.3 is 5.32 Å². The van der Waals surface area contributed by atoms with Gasteiger partial charge >= 0.3 is 0 Å². The van der Waals surface area contributed by atoms with Crippen molar-refractivity contribution in [3.63, 3.8) is 0 Å². The first-order valence-corrected chi connectivity index (χ1v) is 8.75. The van der Waals surface area contributed by atoms with E-state index in [1.165, 1.54) is 24.2 Å². The summed E-state index contributed by atoms with van der Waals surface area (Å²) in [6.07, 6.45) is 4.81. The molecule has 0 amide bonds. The van der Waals surface area contributed by atoms with Gasteiger partial charge in [0, 0.05) is 24.0 Å². The summed E-state index contributed by atoms with van der Waals surface area (Å²) in [6.45, 7) is 1.38. The van der Waals surface area contributed by atoms with Crippen molar-refractivity contribution in [2.24, 2.45) is 5.92 Å². The van der Waals surface area contributed by atoms with Gasteiger partial charge in [-0.15, -0.1) is 11.3 Å². The van der Waals surface area contributed by atoms with Crippen LogP contribution in [0.3, 0.4) is 0 Å². The highest BCUT2D eigenvalue weighted by atomic mass is 32.2. The van der Waals surface area contributed by atoms with E-state index in [0.717, 1.165) is 24.3 Å². The Morgan fingerprint density at radius 3 is 2.67 bits per heavy atom. The van der Waals surface area contributed by atoms with Gasteiger partial charge in [0.1, 0.15) is 4.21 Å². The van der Waals surface area contributed by atoms with E-state index < -0.39 is 10.0 Å². The van der Waals surface area contributed by atoms with Crippen molar-refractivity contribution in [1.29, 1.82) is 0 Å². The van der Waals surface area contributed by atoms with Crippen molar-refractivity contribution in [1.82, 2.24) is 10.0 Å². The Bertz CT molecular complexity index is 516. The van der Waals surface area contributed by atoms with Gasteiger partial charge in [0.2, 0.25) is 10.0 Å². The molecule has 100 valence electrons. The molecule has 0 aliphatic heterocycles. The molecule has 1 aromatic rings. The first kappa shape index (κ1) is 12.6. The van der Waals surface area contributed by atoms with Gasteiger partial charge in [0.05, 0.1) is 0 Å². The van der Waals surface area contributed by atoms with E-state index >= 15 is 0 Å². The van der Waals surface area contributed by atoms with E-state index in [1.807, 2.05) is 6.07 Å². The van der Waals surface area contributed by atoms with Gasteiger partial charge in [-0.05, 0) is 43.7 Å². The summed E-state index contributed by atoms with van der Waals surface area (Å²) >= 11 is 1.37. The van der Waals surface area contributed by atoms with Crippen LogP contribution in [-0.4, -0.2) is 21.0 Å². The molecule has 1 heterocycles. The lowest BCUT2D eigenvalue weighted by Gasteiger charge is -2.03. The highest BCUT2D eigenvalue weighted by Crippen LogP contribution is 2.29. The molecule has 1 aromatic heterocycles. The summed E-state index contributed by atoms with van der Waals surface area (Å²) in [4.78, 5) is 1.09. The Hall–Kier alpha value is -0.430. The van der Waals surface area contributed by atoms with Gasteiger partial charge in [-0.25, -0.2) is 13.1 Å². The Balaban J connectivity index is 1.58. The number of sulfonamides is 1. The molecule has 2 aliphatic rings. The van der Waals surface area contributed by atoms with Crippen molar-refractivity contribution in [2.45, 2.75) is 42.5 Å². The van der Waals surface area contributed by atoms with Crippen LogP contribution < -0.4 is 10.0 Å². The maximum Gasteiger partial charge on any atom is 0.250 e. The molecule has 3 rings (SSSR count). The largest absolute Gasteiger partial charge is 0.309 e. The minimum atomic E-state index is -3.28. The standard InChI is InChI=1S/C12H18N2O2S2/c15-18(16,14-7-9-1-2-9)12-6-5-11(17-12)8-13-10-3-4-10/h5-6,9-10,13-14H,1-4,7-8H2. The zero-order valence-electron chi connectivity index (χ0n) is 10.2. The summed E-state index contributed by atoms with van der Waals surface area (Å²) < 4.78 is 27.1. The van der Waals surface area contributed by atoms with Crippen LogP contribution in [0.25, 0.3) is 0 Å². The molecule has 0 spiro atoms. The Morgan fingerprint density at radius 1 is 1.22 bits per heavy atom. The second-order valence-electron chi connectivity index (χ2n) is 5.17. The van der Waals surface area contributed by atoms with Gasteiger partial charge in [0.15, 0.2) is 0 Å². The summed E-state index contributed by atoms with van der Waals surface area (Å²) in [5.74, 6) is 0.566. The van der Waals surface area contributed by atoms with Crippen molar-refractivity contribution in [3.8, 4) is 0 Å². The van der Waals surface area contributed by atoms with Gasteiger partial charge in [-0.1, -0.05) is 0 Å². The molecule has 0 bridgehead atoms. The molecule has 6 heteroatoms. The molecule has 2 N–H and O–H groups in total. The second kappa shape index (κ2) is 4.92. The van der Waals surface area contributed by atoms with Crippen molar-refractivity contribution < 1.29 is 8.42 Å². The number of nitrogens with one attached hydrogen (secondary N) is 2. The summed E-state index contributed by atoms with van der Waals surface area (Å²) in [7, 11) is -3.28. The first-order chi connectivity index (χ1) is 8.63. The third-order valence-corrected chi connectivity index (χ3v) is 6.30. The van der Waals surface area contributed by atoms with Crippen molar-refractivity contribution in [2.75, 3.05) is 6.54 Å². The highest BCUT2D eigenvalue weighted by Gasteiger charge is 2.25. The number of hydrogen-bond acceptors (Lipinski definition) is 4. The molecular weight excluding hydrogens is 268 g/mol. The molecule has 0 aromatic carbocycles. The van der Waals surface area contributed by atoms with Crippen LogP contribution in [0.5, 0.6) is 0 Å². The van der Waals surface area contributed by atoms with Crippen LogP contribution >= 0.6 is 11.3 Å². The molecule has 2 saturated carbocycles. The SMILES string of the molecule is O=S(=O)(NCC1CC1)c1ccc(CNC2CC2)s1. The fraction of sp³-hybridized carbons (Fsp3) is 0.667. The fourth-order valence-electron chi connectivity index (χ4n) is 1.75. The van der Waals surface area contributed by atoms with Crippen LogP contribution in [-0.2, 0) is 16.6 Å². The summed E-state index contributed by atoms with van der Waals surface area (Å²) in [6, 6.07) is 4.27. The third kappa shape index (κ3) is 3.32. The summed E-state index contributed by atoms with van der Waals surface area (Å²) in [5, 5.41) is 3.39.